The van der Waals surface area contributed by atoms with Crippen molar-refractivity contribution in [1.82, 2.24) is 0 Å². The lowest BCUT2D eigenvalue weighted by molar-refractivity contribution is 0.110. The second kappa shape index (κ2) is 4.61. The molecule has 0 saturated carbocycles. The van der Waals surface area contributed by atoms with Crippen molar-refractivity contribution < 1.29 is 13.9 Å². The van der Waals surface area contributed by atoms with Crippen molar-refractivity contribution in [2.45, 2.75) is 0 Å². The third kappa shape index (κ3) is 1.99. The van der Waals surface area contributed by atoms with Gasteiger partial charge in [0.25, 0.3) is 0 Å². The zero-order valence-corrected chi connectivity index (χ0v) is 10.4. The van der Waals surface area contributed by atoms with Gasteiger partial charge in [0.1, 0.15) is 11.5 Å². The van der Waals surface area contributed by atoms with Crippen LogP contribution in [0.15, 0.2) is 52.9 Å². The number of carbonyl (C=O) groups is 1. The molecule has 1 heterocycles. The van der Waals surface area contributed by atoms with E-state index in [1.54, 1.807) is 19.2 Å². The highest BCUT2D eigenvalue weighted by Crippen LogP contribution is 2.32. The van der Waals surface area contributed by atoms with Gasteiger partial charge in [-0.25, -0.2) is 0 Å². The van der Waals surface area contributed by atoms with Gasteiger partial charge in [0, 0.05) is 10.9 Å². The number of hydrogen-bond acceptors (Lipinski definition) is 3. The summed E-state index contributed by atoms with van der Waals surface area (Å²) in [4.78, 5) is 10.7. The standard InChI is InChI=1S/C16H12O3/c1-18-16-9-12(15-7-6-13(10-17)19-15)8-11-4-2-3-5-14(11)16/h2-10H,1H3. The lowest BCUT2D eigenvalue weighted by Gasteiger charge is -2.07. The zero-order chi connectivity index (χ0) is 13.2. The molecule has 0 radical (unpaired) electrons. The number of fused-ring (bicyclic) bond motifs is 1. The number of methoxy groups -OCH3 is 1. The highest BCUT2D eigenvalue weighted by atomic mass is 16.5. The quantitative estimate of drug-likeness (QED) is 0.663. The van der Waals surface area contributed by atoms with E-state index in [2.05, 4.69) is 0 Å². The summed E-state index contributed by atoms with van der Waals surface area (Å²) >= 11 is 0. The molecule has 0 bridgehead atoms. The summed E-state index contributed by atoms with van der Waals surface area (Å²) < 4.78 is 10.9. The van der Waals surface area contributed by atoms with Crippen molar-refractivity contribution in [2.75, 3.05) is 7.11 Å². The van der Waals surface area contributed by atoms with Gasteiger partial charge < -0.3 is 9.15 Å². The first kappa shape index (κ1) is 11.5. The molecule has 0 spiro atoms. The monoisotopic (exact) mass is 252 g/mol. The van der Waals surface area contributed by atoms with Gasteiger partial charge in [0.15, 0.2) is 12.0 Å². The maximum absolute atomic E-state index is 10.7. The molecule has 2 aromatic carbocycles. The number of benzene rings is 2. The molecule has 3 heteroatoms. The molecule has 19 heavy (non-hydrogen) atoms. The molecule has 94 valence electrons. The molecule has 3 rings (SSSR count). The number of rotatable bonds is 3. The number of furan rings is 1. The van der Waals surface area contributed by atoms with Crippen molar-refractivity contribution in [1.29, 1.82) is 0 Å². The maximum Gasteiger partial charge on any atom is 0.185 e. The lowest BCUT2D eigenvalue weighted by Crippen LogP contribution is -1.86. The Balaban J connectivity index is 2.21. The van der Waals surface area contributed by atoms with Gasteiger partial charge in [-0.05, 0) is 29.7 Å². The van der Waals surface area contributed by atoms with E-state index in [0.717, 1.165) is 22.1 Å². The first-order valence-corrected chi connectivity index (χ1v) is 5.94. The van der Waals surface area contributed by atoms with E-state index in [1.165, 1.54) is 0 Å². The predicted molar refractivity (Wildman–Crippen MR) is 73.6 cm³/mol. The number of carbonyl (C=O) groups excluding carboxylic acids is 1. The van der Waals surface area contributed by atoms with E-state index in [-0.39, 0.29) is 0 Å². The van der Waals surface area contributed by atoms with Gasteiger partial charge in [-0.3, -0.25) is 4.79 Å². The van der Waals surface area contributed by atoms with Crippen LogP contribution in [-0.4, -0.2) is 13.4 Å². The van der Waals surface area contributed by atoms with Crippen LogP contribution in [0.1, 0.15) is 10.6 Å². The van der Waals surface area contributed by atoms with Crippen molar-refractivity contribution in [3.63, 3.8) is 0 Å². The minimum absolute atomic E-state index is 0.321. The molecule has 0 unspecified atom stereocenters. The largest absolute Gasteiger partial charge is 0.496 e. The smallest absolute Gasteiger partial charge is 0.185 e. The van der Waals surface area contributed by atoms with Gasteiger partial charge in [-0.15, -0.1) is 0 Å². The summed E-state index contributed by atoms with van der Waals surface area (Å²) in [7, 11) is 1.64. The minimum Gasteiger partial charge on any atom is -0.496 e. The predicted octanol–water partition coefficient (Wildman–Crippen LogP) is 3.92. The summed E-state index contributed by atoms with van der Waals surface area (Å²) in [6.45, 7) is 0. The van der Waals surface area contributed by atoms with E-state index < -0.39 is 0 Å². The normalized spacial score (nSPS) is 10.6. The Kier molecular flexibility index (Phi) is 2.80. The molecular weight excluding hydrogens is 240 g/mol. The van der Waals surface area contributed by atoms with Gasteiger partial charge in [-0.1, -0.05) is 24.3 Å². The molecule has 0 aliphatic rings. The SMILES string of the molecule is COc1cc(-c2ccc(C=O)o2)cc2ccccc12. The molecule has 1 aromatic heterocycles. The average molecular weight is 252 g/mol. The van der Waals surface area contributed by atoms with E-state index in [0.29, 0.717) is 17.8 Å². The molecule has 0 N–H and O–H groups in total. The van der Waals surface area contributed by atoms with Crippen LogP contribution in [0.3, 0.4) is 0 Å². The van der Waals surface area contributed by atoms with Crippen molar-refractivity contribution in [3.8, 4) is 17.1 Å². The second-order valence-electron chi connectivity index (χ2n) is 4.22. The first-order chi connectivity index (χ1) is 9.31. The fraction of sp³-hybridized carbons (Fsp3) is 0.0625. The van der Waals surface area contributed by atoms with Crippen LogP contribution in [0.4, 0.5) is 0 Å². The van der Waals surface area contributed by atoms with Crippen LogP contribution in [0.2, 0.25) is 0 Å². The van der Waals surface area contributed by atoms with Crippen LogP contribution in [-0.2, 0) is 0 Å². The number of aldehydes is 1. The highest BCUT2D eigenvalue weighted by Gasteiger charge is 2.09. The molecule has 0 aliphatic carbocycles. The van der Waals surface area contributed by atoms with Gasteiger partial charge in [-0.2, -0.15) is 0 Å². The minimum atomic E-state index is 0.321. The number of ether oxygens (including phenoxy) is 1. The molecule has 0 amide bonds. The molecule has 3 nitrogen and oxygen atoms in total. The fourth-order valence-electron chi connectivity index (χ4n) is 2.16. The van der Waals surface area contributed by atoms with Gasteiger partial charge >= 0.3 is 0 Å². The Labute approximate surface area is 110 Å². The Bertz CT molecular complexity index is 741. The molecule has 0 saturated heterocycles. The Morgan fingerprint density at radius 3 is 2.68 bits per heavy atom. The van der Waals surface area contributed by atoms with Crippen LogP contribution < -0.4 is 4.74 Å². The third-order valence-electron chi connectivity index (χ3n) is 3.07. The van der Waals surface area contributed by atoms with Crippen molar-refractivity contribution >= 4 is 17.1 Å². The molecule has 0 fully saturated rings. The maximum atomic E-state index is 10.7. The molecule has 0 atom stereocenters. The third-order valence-corrected chi connectivity index (χ3v) is 3.07. The summed E-state index contributed by atoms with van der Waals surface area (Å²) in [5, 5.41) is 2.12. The van der Waals surface area contributed by atoms with Gasteiger partial charge in [0.05, 0.1) is 7.11 Å². The Morgan fingerprint density at radius 1 is 1.11 bits per heavy atom. The van der Waals surface area contributed by atoms with E-state index >= 15 is 0 Å². The lowest BCUT2D eigenvalue weighted by atomic mass is 10.0. The second-order valence-corrected chi connectivity index (χ2v) is 4.22. The topological polar surface area (TPSA) is 39.4 Å². The average Bonchev–Trinajstić information content (AvgIpc) is 2.95. The Morgan fingerprint density at radius 2 is 1.95 bits per heavy atom. The molecule has 0 aliphatic heterocycles. The molecular formula is C16H12O3. The summed E-state index contributed by atoms with van der Waals surface area (Å²) in [5.41, 5.74) is 0.892. The zero-order valence-electron chi connectivity index (χ0n) is 10.4. The first-order valence-electron chi connectivity index (χ1n) is 5.94. The van der Waals surface area contributed by atoms with Crippen LogP contribution in [0, 0.1) is 0 Å². The summed E-state index contributed by atoms with van der Waals surface area (Å²) in [6, 6.07) is 15.4. The van der Waals surface area contributed by atoms with Crippen LogP contribution in [0.25, 0.3) is 22.1 Å². The van der Waals surface area contributed by atoms with Crippen LogP contribution in [0.5, 0.6) is 5.75 Å². The fourth-order valence-corrected chi connectivity index (χ4v) is 2.16. The van der Waals surface area contributed by atoms with E-state index in [4.69, 9.17) is 9.15 Å². The van der Waals surface area contributed by atoms with E-state index in [9.17, 15) is 4.79 Å². The van der Waals surface area contributed by atoms with Crippen molar-refractivity contribution in [3.05, 3.63) is 54.3 Å². The van der Waals surface area contributed by atoms with Crippen LogP contribution >= 0.6 is 0 Å². The number of hydrogen-bond donors (Lipinski definition) is 0. The Hall–Kier alpha value is -2.55. The summed E-state index contributed by atoms with van der Waals surface area (Å²) in [6.07, 6.45) is 0.696. The van der Waals surface area contributed by atoms with Crippen molar-refractivity contribution in [2.24, 2.45) is 0 Å². The molecule has 3 aromatic rings. The van der Waals surface area contributed by atoms with Gasteiger partial charge in [0.2, 0.25) is 0 Å². The van der Waals surface area contributed by atoms with E-state index in [1.807, 2.05) is 36.4 Å². The summed E-state index contributed by atoms with van der Waals surface area (Å²) in [5.74, 6) is 1.77. The highest BCUT2D eigenvalue weighted by molar-refractivity contribution is 5.92.